The van der Waals surface area contributed by atoms with Gasteiger partial charge in [-0.15, -0.1) is 0 Å². The maximum Gasteiger partial charge on any atom is 0.135 e. The van der Waals surface area contributed by atoms with Crippen molar-refractivity contribution in [2.45, 2.75) is 70.3 Å². The van der Waals surface area contributed by atoms with E-state index in [1.165, 1.54) is 62.0 Å². The Bertz CT molecular complexity index is 546. The number of morpholine rings is 1. The van der Waals surface area contributed by atoms with Crippen molar-refractivity contribution in [3.05, 3.63) is 17.1 Å². The third kappa shape index (κ3) is 2.62. The Morgan fingerprint density at radius 2 is 1.82 bits per heavy atom. The van der Waals surface area contributed by atoms with E-state index >= 15 is 0 Å². The zero-order valence-electron chi connectivity index (χ0n) is 13.7. The Morgan fingerprint density at radius 3 is 2.68 bits per heavy atom. The Labute approximate surface area is 133 Å². The van der Waals surface area contributed by atoms with E-state index in [-0.39, 0.29) is 5.60 Å². The molecule has 3 aliphatic rings. The molecule has 1 aliphatic heterocycles. The first-order chi connectivity index (χ1) is 10.8. The molecule has 22 heavy (non-hydrogen) atoms. The first-order valence-corrected chi connectivity index (χ1v) is 9.01. The van der Waals surface area contributed by atoms with Gasteiger partial charge in [0.1, 0.15) is 11.6 Å². The van der Waals surface area contributed by atoms with Gasteiger partial charge in [0.25, 0.3) is 0 Å². The second kappa shape index (κ2) is 5.80. The summed E-state index contributed by atoms with van der Waals surface area (Å²) in [7, 11) is 0. The van der Waals surface area contributed by atoms with Crippen LogP contribution in [0.15, 0.2) is 0 Å². The van der Waals surface area contributed by atoms with Crippen LogP contribution in [-0.2, 0) is 17.6 Å². The lowest BCUT2D eigenvalue weighted by Gasteiger charge is -2.46. The number of aromatic nitrogens is 2. The standard InChI is InChI=1S/C18H27N3O/c1-14-19-16-8-4-3-7-15(16)17(20-14)21-11-12-22-18(13-21)9-5-2-6-10-18/h2-13H2,1H3. The van der Waals surface area contributed by atoms with Gasteiger partial charge >= 0.3 is 0 Å². The highest BCUT2D eigenvalue weighted by Gasteiger charge is 2.39. The lowest BCUT2D eigenvalue weighted by atomic mass is 9.83. The van der Waals surface area contributed by atoms with Gasteiger partial charge in [0.05, 0.1) is 12.2 Å². The summed E-state index contributed by atoms with van der Waals surface area (Å²) in [5.74, 6) is 2.15. The molecular weight excluding hydrogens is 274 g/mol. The lowest BCUT2D eigenvalue weighted by Crippen LogP contribution is -2.53. The molecule has 0 amide bonds. The van der Waals surface area contributed by atoms with Crippen LogP contribution < -0.4 is 4.90 Å². The van der Waals surface area contributed by atoms with E-state index in [4.69, 9.17) is 14.7 Å². The number of rotatable bonds is 1. The van der Waals surface area contributed by atoms with Crippen LogP contribution >= 0.6 is 0 Å². The van der Waals surface area contributed by atoms with Crippen LogP contribution in [0.5, 0.6) is 0 Å². The third-order valence-corrected chi connectivity index (χ3v) is 5.59. The van der Waals surface area contributed by atoms with Crippen molar-refractivity contribution in [3.8, 4) is 0 Å². The fourth-order valence-electron chi connectivity index (χ4n) is 4.48. The highest BCUT2D eigenvalue weighted by Crippen LogP contribution is 2.37. The molecule has 2 heterocycles. The molecule has 4 rings (SSSR count). The molecule has 1 aromatic heterocycles. The van der Waals surface area contributed by atoms with E-state index in [0.717, 1.165) is 38.4 Å². The number of fused-ring (bicyclic) bond motifs is 1. The summed E-state index contributed by atoms with van der Waals surface area (Å²) in [6.07, 6.45) is 11.3. The van der Waals surface area contributed by atoms with Crippen molar-refractivity contribution in [1.29, 1.82) is 0 Å². The van der Waals surface area contributed by atoms with Gasteiger partial charge in [0.2, 0.25) is 0 Å². The fraction of sp³-hybridized carbons (Fsp3) is 0.778. The molecule has 4 heteroatoms. The van der Waals surface area contributed by atoms with Crippen molar-refractivity contribution in [3.63, 3.8) is 0 Å². The summed E-state index contributed by atoms with van der Waals surface area (Å²) in [5.41, 5.74) is 2.82. The number of aryl methyl sites for hydroxylation is 2. The zero-order valence-corrected chi connectivity index (χ0v) is 13.7. The summed E-state index contributed by atoms with van der Waals surface area (Å²) >= 11 is 0. The van der Waals surface area contributed by atoms with Crippen molar-refractivity contribution in [2.24, 2.45) is 0 Å². The van der Waals surface area contributed by atoms with Gasteiger partial charge in [-0.1, -0.05) is 19.3 Å². The number of hydrogen-bond donors (Lipinski definition) is 0. The third-order valence-electron chi connectivity index (χ3n) is 5.59. The molecule has 2 aliphatic carbocycles. The molecule has 1 saturated heterocycles. The van der Waals surface area contributed by atoms with Gasteiger partial charge in [-0.05, 0) is 45.4 Å². The molecule has 0 aromatic carbocycles. The number of hydrogen-bond acceptors (Lipinski definition) is 4. The first kappa shape index (κ1) is 14.4. The maximum atomic E-state index is 6.25. The van der Waals surface area contributed by atoms with E-state index in [1.54, 1.807) is 0 Å². The molecular formula is C18H27N3O. The van der Waals surface area contributed by atoms with Crippen molar-refractivity contribution in [1.82, 2.24) is 9.97 Å². The van der Waals surface area contributed by atoms with Crippen molar-refractivity contribution < 1.29 is 4.74 Å². The average molecular weight is 301 g/mol. The van der Waals surface area contributed by atoms with Gasteiger partial charge in [0, 0.05) is 24.3 Å². The summed E-state index contributed by atoms with van der Waals surface area (Å²) in [5, 5.41) is 0. The molecule has 1 spiro atoms. The van der Waals surface area contributed by atoms with Gasteiger partial charge in [0.15, 0.2) is 0 Å². The highest BCUT2D eigenvalue weighted by molar-refractivity contribution is 5.51. The average Bonchev–Trinajstić information content (AvgIpc) is 2.55. The Balaban J connectivity index is 1.65. The van der Waals surface area contributed by atoms with E-state index in [1.807, 2.05) is 6.92 Å². The van der Waals surface area contributed by atoms with E-state index < -0.39 is 0 Å². The van der Waals surface area contributed by atoms with E-state index in [2.05, 4.69) is 4.90 Å². The largest absolute Gasteiger partial charge is 0.371 e. The Hall–Kier alpha value is -1.16. The van der Waals surface area contributed by atoms with Crippen molar-refractivity contribution in [2.75, 3.05) is 24.6 Å². The predicted octanol–water partition coefficient (Wildman–Crippen LogP) is 3.20. The molecule has 0 N–H and O–H groups in total. The SMILES string of the molecule is Cc1nc2c(c(N3CCOC4(CCCCC4)C3)n1)CCCC2. The molecule has 1 aromatic rings. The van der Waals surface area contributed by atoms with E-state index in [9.17, 15) is 0 Å². The lowest BCUT2D eigenvalue weighted by molar-refractivity contribution is -0.0784. The van der Waals surface area contributed by atoms with Crippen LogP contribution in [0.2, 0.25) is 0 Å². The zero-order chi connectivity index (χ0) is 15.0. The molecule has 4 nitrogen and oxygen atoms in total. The van der Waals surface area contributed by atoms with Gasteiger partial charge in [-0.2, -0.15) is 0 Å². The van der Waals surface area contributed by atoms with Gasteiger partial charge in [-0.3, -0.25) is 0 Å². The van der Waals surface area contributed by atoms with Crippen LogP contribution in [0.4, 0.5) is 5.82 Å². The normalized spacial score (nSPS) is 24.3. The molecule has 120 valence electrons. The minimum absolute atomic E-state index is 0.0942. The van der Waals surface area contributed by atoms with Gasteiger partial charge in [-0.25, -0.2) is 9.97 Å². The number of anilines is 1. The number of nitrogens with zero attached hydrogens (tertiary/aromatic N) is 3. The topological polar surface area (TPSA) is 38.2 Å². The molecule has 0 unspecified atom stereocenters. The second-order valence-corrected chi connectivity index (χ2v) is 7.24. The van der Waals surface area contributed by atoms with Crippen LogP contribution in [0.25, 0.3) is 0 Å². The second-order valence-electron chi connectivity index (χ2n) is 7.24. The number of ether oxygens (including phenoxy) is 1. The fourth-order valence-corrected chi connectivity index (χ4v) is 4.48. The first-order valence-electron chi connectivity index (χ1n) is 9.01. The summed E-state index contributed by atoms with van der Waals surface area (Å²) < 4.78 is 6.25. The molecule has 0 atom stereocenters. The Kier molecular flexibility index (Phi) is 3.81. The van der Waals surface area contributed by atoms with Crippen LogP contribution in [-0.4, -0.2) is 35.3 Å². The highest BCUT2D eigenvalue weighted by atomic mass is 16.5. The van der Waals surface area contributed by atoms with Crippen LogP contribution in [0.1, 0.15) is 62.0 Å². The minimum Gasteiger partial charge on any atom is -0.371 e. The van der Waals surface area contributed by atoms with Crippen LogP contribution in [0.3, 0.4) is 0 Å². The maximum absolute atomic E-state index is 6.25. The van der Waals surface area contributed by atoms with Crippen LogP contribution in [0, 0.1) is 6.92 Å². The Morgan fingerprint density at radius 1 is 1.00 bits per heavy atom. The monoisotopic (exact) mass is 301 g/mol. The summed E-state index contributed by atoms with van der Waals surface area (Å²) in [6, 6.07) is 0. The molecule has 0 radical (unpaired) electrons. The van der Waals surface area contributed by atoms with E-state index in [0.29, 0.717) is 0 Å². The smallest absolute Gasteiger partial charge is 0.135 e. The molecule has 1 saturated carbocycles. The minimum atomic E-state index is 0.0942. The van der Waals surface area contributed by atoms with Crippen molar-refractivity contribution >= 4 is 5.82 Å². The quantitative estimate of drug-likeness (QED) is 0.798. The predicted molar refractivity (Wildman–Crippen MR) is 87.4 cm³/mol. The summed E-state index contributed by atoms with van der Waals surface area (Å²) in [6.45, 7) is 4.88. The molecule has 0 bridgehead atoms. The molecule has 2 fully saturated rings. The van der Waals surface area contributed by atoms with Gasteiger partial charge < -0.3 is 9.64 Å². The summed E-state index contributed by atoms with van der Waals surface area (Å²) in [4.78, 5) is 12.1.